The number of aromatic nitrogens is 2. The summed E-state index contributed by atoms with van der Waals surface area (Å²) in [5.74, 6) is -2.13. The maximum atomic E-state index is 12.1. The van der Waals surface area contributed by atoms with Gasteiger partial charge in [-0.1, -0.05) is 0 Å². The van der Waals surface area contributed by atoms with Crippen molar-refractivity contribution < 1.29 is 14.7 Å². The van der Waals surface area contributed by atoms with Crippen LogP contribution in [-0.4, -0.2) is 44.9 Å². The van der Waals surface area contributed by atoms with E-state index in [1.54, 1.807) is 0 Å². The molecule has 0 radical (unpaired) electrons. The second kappa shape index (κ2) is 5.09. The minimum absolute atomic E-state index is 0.0761. The standard InChI is InChI=1S/C11H13N3O5/c15-8-7(4-12-11(19)13-8)9(16)14-3-1-2-6(5-14)10(17)18/h4,6H,1-3,5H2,(H,17,18)(H2,12,13,15,19)/t6-/m0/s1. The van der Waals surface area contributed by atoms with E-state index >= 15 is 0 Å². The smallest absolute Gasteiger partial charge is 0.325 e. The van der Waals surface area contributed by atoms with Crippen LogP contribution < -0.4 is 11.2 Å². The molecule has 0 aliphatic carbocycles. The van der Waals surface area contributed by atoms with Gasteiger partial charge >= 0.3 is 11.7 Å². The summed E-state index contributed by atoms with van der Waals surface area (Å²) >= 11 is 0. The van der Waals surface area contributed by atoms with Crippen molar-refractivity contribution in [2.45, 2.75) is 12.8 Å². The van der Waals surface area contributed by atoms with Crippen LogP contribution in [0.25, 0.3) is 0 Å². The lowest BCUT2D eigenvalue weighted by molar-refractivity contribution is -0.143. The van der Waals surface area contributed by atoms with Crippen molar-refractivity contribution in [1.29, 1.82) is 0 Å². The summed E-state index contributed by atoms with van der Waals surface area (Å²) < 4.78 is 0. The topological polar surface area (TPSA) is 123 Å². The molecule has 8 nitrogen and oxygen atoms in total. The second-order valence-electron chi connectivity index (χ2n) is 4.41. The zero-order valence-electron chi connectivity index (χ0n) is 10.0. The molecule has 1 saturated heterocycles. The van der Waals surface area contributed by atoms with E-state index < -0.39 is 29.0 Å². The van der Waals surface area contributed by atoms with Gasteiger partial charge < -0.3 is 15.0 Å². The van der Waals surface area contributed by atoms with E-state index in [1.807, 2.05) is 4.98 Å². The molecule has 0 bridgehead atoms. The SMILES string of the molecule is O=C(O)[C@H]1CCCN(C(=O)c2c[nH]c(=O)[nH]c2=O)C1. The van der Waals surface area contributed by atoms with Crippen molar-refractivity contribution in [2.24, 2.45) is 5.92 Å². The van der Waals surface area contributed by atoms with E-state index in [2.05, 4.69) is 4.98 Å². The van der Waals surface area contributed by atoms with E-state index in [1.165, 1.54) is 4.90 Å². The number of nitrogens with zero attached hydrogens (tertiary/aromatic N) is 1. The summed E-state index contributed by atoms with van der Waals surface area (Å²) in [6.45, 7) is 0.480. The average Bonchev–Trinajstić information content (AvgIpc) is 2.38. The molecule has 0 unspecified atom stereocenters. The first-order chi connectivity index (χ1) is 8.99. The number of amides is 1. The lowest BCUT2D eigenvalue weighted by Crippen LogP contribution is -2.44. The number of aromatic amines is 2. The van der Waals surface area contributed by atoms with Crippen molar-refractivity contribution >= 4 is 11.9 Å². The molecule has 19 heavy (non-hydrogen) atoms. The number of piperidine rings is 1. The van der Waals surface area contributed by atoms with Gasteiger partial charge in [0.05, 0.1) is 5.92 Å². The number of hydrogen-bond acceptors (Lipinski definition) is 4. The maximum absolute atomic E-state index is 12.1. The molecule has 0 aromatic carbocycles. The number of carbonyl (C=O) groups excluding carboxylic acids is 1. The fourth-order valence-electron chi connectivity index (χ4n) is 2.10. The highest BCUT2D eigenvalue weighted by Gasteiger charge is 2.29. The largest absolute Gasteiger partial charge is 0.481 e. The highest BCUT2D eigenvalue weighted by molar-refractivity contribution is 5.93. The van der Waals surface area contributed by atoms with Crippen LogP contribution in [0.5, 0.6) is 0 Å². The fraction of sp³-hybridized carbons (Fsp3) is 0.455. The summed E-state index contributed by atoms with van der Waals surface area (Å²) in [6, 6.07) is 0. The molecule has 1 aromatic heterocycles. The molecule has 1 amide bonds. The van der Waals surface area contributed by atoms with Crippen LogP contribution in [0.2, 0.25) is 0 Å². The Morgan fingerprint density at radius 2 is 2.11 bits per heavy atom. The molecular weight excluding hydrogens is 254 g/mol. The Kier molecular flexibility index (Phi) is 3.50. The molecule has 2 rings (SSSR count). The van der Waals surface area contributed by atoms with Gasteiger partial charge in [0.25, 0.3) is 11.5 Å². The van der Waals surface area contributed by atoms with E-state index in [9.17, 15) is 19.2 Å². The van der Waals surface area contributed by atoms with Gasteiger partial charge in [-0.2, -0.15) is 0 Å². The van der Waals surface area contributed by atoms with Crippen LogP contribution in [-0.2, 0) is 4.79 Å². The summed E-state index contributed by atoms with van der Waals surface area (Å²) in [6.07, 6.45) is 2.14. The number of carboxylic acids is 1. The van der Waals surface area contributed by atoms with E-state index in [-0.39, 0.29) is 12.1 Å². The number of hydrogen-bond donors (Lipinski definition) is 3. The van der Waals surface area contributed by atoms with Crippen molar-refractivity contribution in [3.8, 4) is 0 Å². The fourth-order valence-corrected chi connectivity index (χ4v) is 2.10. The number of nitrogens with one attached hydrogen (secondary N) is 2. The molecule has 1 aliphatic rings. The Hall–Kier alpha value is -2.38. The van der Waals surface area contributed by atoms with E-state index in [4.69, 9.17) is 5.11 Å². The summed E-state index contributed by atoms with van der Waals surface area (Å²) in [5, 5.41) is 8.95. The van der Waals surface area contributed by atoms with Gasteiger partial charge in [0, 0.05) is 19.3 Å². The van der Waals surface area contributed by atoms with Gasteiger partial charge in [-0.05, 0) is 12.8 Å². The monoisotopic (exact) mass is 267 g/mol. The second-order valence-corrected chi connectivity index (χ2v) is 4.41. The molecule has 1 aromatic rings. The number of likely N-dealkylation sites (tertiary alicyclic amines) is 1. The lowest BCUT2D eigenvalue weighted by atomic mass is 9.98. The number of carbonyl (C=O) groups is 2. The van der Waals surface area contributed by atoms with Crippen LogP contribution in [0.1, 0.15) is 23.2 Å². The van der Waals surface area contributed by atoms with E-state index in [0.717, 1.165) is 6.20 Å². The molecule has 0 spiro atoms. The molecule has 8 heteroatoms. The molecule has 0 saturated carbocycles. The first-order valence-corrected chi connectivity index (χ1v) is 5.83. The Balaban J connectivity index is 2.22. The average molecular weight is 267 g/mol. The van der Waals surface area contributed by atoms with Gasteiger partial charge in [-0.3, -0.25) is 19.4 Å². The first-order valence-electron chi connectivity index (χ1n) is 5.83. The lowest BCUT2D eigenvalue weighted by Gasteiger charge is -2.30. The van der Waals surface area contributed by atoms with Crippen LogP contribution in [0, 0.1) is 5.92 Å². The third kappa shape index (κ3) is 2.72. The molecule has 2 heterocycles. The van der Waals surface area contributed by atoms with Crippen LogP contribution in [0.4, 0.5) is 0 Å². The van der Waals surface area contributed by atoms with Crippen molar-refractivity contribution in [1.82, 2.24) is 14.9 Å². The Morgan fingerprint density at radius 1 is 1.37 bits per heavy atom. The van der Waals surface area contributed by atoms with E-state index in [0.29, 0.717) is 19.4 Å². The molecule has 3 N–H and O–H groups in total. The van der Waals surface area contributed by atoms with Gasteiger partial charge in [-0.15, -0.1) is 0 Å². The first kappa shape index (κ1) is 13.1. The molecule has 1 aliphatic heterocycles. The van der Waals surface area contributed by atoms with Gasteiger partial charge in [-0.25, -0.2) is 4.79 Å². The van der Waals surface area contributed by atoms with Crippen LogP contribution in [0.15, 0.2) is 15.8 Å². The predicted molar refractivity (Wildman–Crippen MR) is 63.9 cm³/mol. The summed E-state index contributed by atoms with van der Waals surface area (Å²) in [7, 11) is 0. The number of H-pyrrole nitrogens is 2. The Morgan fingerprint density at radius 3 is 2.74 bits per heavy atom. The van der Waals surface area contributed by atoms with Gasteiger partial charge in [0.15, 0.2) is 0 Å². The number of carboxylic acid groups (broad SMARTS) is 1. The predicted octanol–water partition coefficient (Wildman–Crippen LogP) is -1.000. The minimum Gasteiger partial charge on any atom is -0.481 e. The number of rotatable bonds is 2. The molecule has 102 valence electrons. The Labute approximate surface area is 107 Å². The van der Waals surface area contributed by atoms with Gasteiger partial charge in [0.2, 0.25) is 0 Å². The summed E-state index contributed by atoms with van der Waals surface area (Å²) in [5.41, 5.74) is -1.65. The number of aliphatic carboxylic acids is 1. The molecular formula is C11H13N3O5. The normalized spacial score (nSPS) is 19.2. The quantitative estimate of drug-likeness (QED) is 0.634. The van der Waals surface area contributed by atoms with Crippen molar-refractivity contribution in [3.05, 3.63) is 32.6 Å². The third-order valence-electron chi connectivity index (χ3n) is 3.11. The van der Waals surface area contributed by atoms with Crippen molar-refractivity contribution in [2.75, 3.05) is 13.1 Å². The zero-order chi connectivity index (χ0) is 14.0. The summed E-state index contributed by atoms with van der Waals surface area (Å²) in [4.78, 5) is 50.9. The molecule has 1 atom stereocenters. The molecule has 1 fully saturated rings. The minimum atomic E-state index is -0.951. The van der Waals surface area contributed by atoms with Crippen LogP contribution in [0.3, 0.4) is 0 Å². The van der Waals surface area contributed by atoms with Gasteiger partial charge in [0.1, 0.15) is 5.56 Å². The highest BCUT2D eigenvalue weighted by Crippen LogP contribution is 2.17. The van der Waals surface area contributed by atoms with Crippen LogP contribution >= 0.6 is 0 Å². The van der Waals surface area contributed by atoms with Crippen molar-refractivity contribution in [3.63, 3.8) is 0 Å². The third-order valence-corrected chi connectivity index (χ3v) is 3.11. The Bertz CT molecular complexity index is 617. The zero-order valence-corrected chi connectivity index (χ0v) is 10.0. The highest BCUT2D eigenvalue weighted by atomic mass is 16.4. The maximum Gasteiger partial charge on any atom is 0.325 e.